The van der Waals surface area contributed by atoms with Gasteiger partial charge in [0.05, 0.1) is 21.9 Å². The lowest BCUT2D eigenvalue weighted by Crippen LogP contribution is -2.13. The summed E-state index contributed by atoms with van der Waals surface area (Å²) in [7, 11) is -3.76. The van der Waals surface area contributed by atoms with E-state index < -0.39 is 10.0 Å². The molecule has 0 aliphatic rings. The van der Waals surface area contributed by atoms with Gasteiger partial charge in [0, 0.05) is 12.7 Å². The second-order valence-electron chi connectivity index (χ2n) is 4.29. The molecule has 1 heterocycles. The molecule has 3 N–H and O–H groups in total. The number of halogens is 2. The fourth-order valence-corrected chi connectivity index (χ4v) is 3.07. The van der Waals surface area contributed by atoms with Crippen LogP contribution in [-0.2, 0) is 16.6 Å². The number of anilines is 1. The average Bonchev–Trinajstić information content (AvgIpc) is 2.91. The highest BCUT2D eigenvalue weighted by molar-refractivity contribution is 7.92. The van der Waals surface area contributed by atoms with E-state index in [2.05, 4.69) is 9.82 Å². The van der Waals surface area contributed by atoms with Crippen molar-refractivity contribution in [3.63, 3.8) is 0 Å². The molecule has 0 saturated heterocycles. The van der Waals surface area contributed by atoms with Crippen LogP contribution in [0.1, 0.15) is 6.42 Å². The van der Waals surface area contributed by atoms with Gasteiger partial charge >= 0.3 is 0 Å². The van der Waals surface area contributed by atoms with Gasteiger partial charge in [0.25, 0.3) is 10.0 Å². The lowest BCUT2D eigenvalue weighted by molar-refractivity contribution is 0.582. The highest BCUT2D eigenvalue weighted by Crippen LogP contribution is 2.31. The zero-order valence-corrected chi connectivity index (χ0v) is 13.3. The third-order valence-electron chi connectivity index (χ3n) is 2.71. The standard InChI is InChI=1S/C12H14Cl2N4O2S/c13-10-3-1-4-11(12(10)14)17-21(19,20)9-7-16-18(8-9)6-2-5-15/h1,3-4,7-8,17H,2,5-6,15H2. The summed E-state index contributed by atoms with van der Waals surface area (Å²) >= 11 is 11.8. The van der Waals surface area contributed by atoms with Crippen LogP contribution in [0.25, 0.3) is 0 Å². The molecule has 0 amide bonds. The number of nitrogens with two attached hydrogens (primary N) is 1. The second-order valence-corrected chi connectivity index (χ2v) is 6.76. The van der Waals surface area contributed by atoms with E-state index in [1.165, 1.54) is 23.1 Å². The number of rotatable bonds is 6. The molecule has 2 aromatic rings. The van der Waals surface area contributed by atoms with Crippen molar-refractivity contribution in [1.82, 2.24) is 9.78 Å². The zero-order valence-electron chi connectivity index (χ0n) is 11.0. The average molecular weight is 349 g/mol. The van der Waals surface area contributed by atoms with Gasteiger partial charge in [0.15, 0.2) is 0 Å². The maximum absolute atomic E-state index is 12.3. The van der Waals surface area contributed by atoms with Crippen LogP contribution < -0.4 is 10.5 Å². The second kappa shape index (κ2) is 6.65. The number of hydrogen-bond acceptors (Lipinski definition) is 4. The van der Waals surface area contributed by atoms with Crippen LogP contribution in [0.5, 0.6) is 0 Å². The molecule has 9 heteroatoms. The van der Waals surface area contributed by atoms with E-state index in [1.807, 2.05) is 0 Å². The Morgan fingerprint density at radius 2 is 2.10 bits per heavy atom. The smallest absolute Gasteiger partial charge is 0.265 e. The van der Waals surface area contributed by atoms with E-state index >= 15 is 0 Å². The Morgan fingerprint density at radius 3 is 2.81 bits per heavy atom. The van der Waals surface area contributed by atoms with Gasteiger partial charge in [-0.15, -0.1) is 0 Å². The summed E-state index contributed by atoms with van der Waals surface area (Å²) in [5.41, 5.74) is 5.62. The number of aryl methyl sites for hydroxylation is 1. The Hall–Kier alpha value is -1.28. The van der Waals surface area contributed by atoms with Crippen LogP contribution in [0, 0.1) is 0 Å². The largest absolute Gasteiger partial charge is 0.330 e. The fourth-order valence-electron chi connectivity index (χ4n) is 1.65. The molecule has 0 saturated carbocycles. The number of benzene rings is 1. The lowest BCUT2D eigenvalue weighted by Gasteiger charge is -2.08. The Balaban J connectivity index is 2.22. The summed E-state index contributed by atoms with van der Waals surface area (Å²) < 4.78 is 28.4. The van der Waals surface area contributed by atoms with Crippen molar-refractivity contribution in [2.75, 3.05) is 11.3 Å². The maximum atomic E-state index is 12.3. The Kier molecular flexibility index (Phi) is 5.10. The molecule has 114 valence electrons. The molecule has 1 aromatic carbocycles. The minimum atomic E-state index is -3.76. The molecule has 0 radical (unpaired) electrons. The number of aromatic nitrogens is 2. The van der Waals surface area contributed by atoms with Crippen molar-refractivity contribution in [2.24, 2.45) is 5.73 Å². The summed E-state index contributed by atoms with van der Waals surface area (Å²) in [6, 6.07) is 4.72. The number of hydrogen-bond donors (Lipinski definition) is 2. The van der Waals surface area contributed by atoms with Gasteiger partial charge in [-0.3, -0.25) is 9.40 Å². The Bertz CT molecular complexity index is 731. The molecule has 0 unspecified atom stereocenters. The first-order valence-corrected chi connectivity index (χ1v) is 8.37. The summed E-state index contributed by atoms with van der Waals surface area (Å²) in [6.07, 6.45) is 3.43. The molecule has 0 aliphatic heterocycles. The molecule has 6 nitrogen and oxygen atoms in total. The molecular weight excluding hydrogens is 335 g/mol. The van der Waals surface area contributed by atoms with Crippen LogP contribution in [0.4, 0.5) is 5.69 Å². The van der Waals surface area contributed by atoms with Gasteiger partial charge in [-0.2, -0.15) is 5.10 Å². The normalized spacial score (nSPS) is 11.6. The molecule has 21 heavy (non-hydrogen) atoms. The monoisotopic (exact) mass is 348 g/mol. The zero-order chi connectivity index (χ0) is 15.5. The van der Waals surface area contributed by atoms with E-state index in [0.717, 1.165) is 0 Å². The van der Waals surface area contributed by atoms with Crippen molar-refractivity contribution < 1.29 is 8.42 Å². The fraction of sp³-hybridized carbons (Fsp3) is 0.250. The summed E-state index contributed by atoms with van der Waals surface area (Å²) in [5, 5.41) is 4.41. The van der Waals surface area contributed by atoms with Crippen molar-refractivity contribution >= 4 is 38.9 Å². The van der Waals surface area contributed by atoms with Gasteiger partial charge in [0.2, 0.25) is 0 Å². The Morgan fingerprint density at radius 1 is 1.33 bits per heavy atom. The van der Waals surface area contributed by atoms with Gasteiger partial charge < -0.3 is 5.73 Å². The Labute approximate surface area is 132 Å². The minimum absolute atomic E-state index is 0.0514. The molecule has 0 aliphatic carbocycles. The van der Waals surface area contributed by atoms with E-state index in [-0.39, 0.29) is 20.6 Å². The van der Waals surface area contributed by atoms with E-state index in [9.17, 15) is 8.42 Å². The number of sulfonamides is 1. The van der Waals surface area contributed by atoms with E-state index in [4.69, 9.17) is 28.9 Å². The molecule has 1 aromatic heterocycles. The van der Waals surface area contributed by atoms with Crippen LogP contribution in [0.2, 0.25) is 10.0 Å². The number of nitrogens with one attached hydrogen (secondary N) is 1. The topological polar surface area (TPSA) is 90.0 Å². The van der Waals surface area contributed by atoms with Crippen molar-refractivity contribution in [3.8, 4) is 0 Å². The molecule has 0 atom stereocenters. The highest BCUT2D eigenvalue weighted by atomic mass is 35.5. The molecule has 0 bridgehead atoms. The van der Waals surface area contributed by atoms with Crippen molar-refractivity contribution in [2.45, 2.75) is 17.9 Å². The molecule has 2 rings (SSSR count). The lowest BCUT2D eigenvalue weighted by atomic mass is 10.3. The third kappa shape index (κ3) is 3.88. The SMILES string of the molecule is NCCCn1cc(S(=O)(=O)Nc2cccc(Cl)c2Cl)cn1. The predicted octanol–water partition coefficient (Wildman–Crippen LogP) is 2.34. The first kappa shape index (κ1) is 16.1. The van der Waals surface area contributed by atoms with E-state index in [0.29, 0.717) is 19.5 Å². The van der Waals surface area contributed by atoms with Crippen LogP contribution >= 0.6 is 23.2 Å². The van der Waals surface area contributed by atoms with Gasteiger partial charge in [-0.1, -0.05) is 29.3 Å². The van der Waals surface area contributed by atoms with Crippen LogP contribution in [-0.4, -0.2) is 24.7 Å². The maximum Gasteiger partial charge on any atom is 0.265 e. The van der Waals surface area contributed by atoms with Crippen LogP contribution in [0.15, 0.2) is 35.5 Å². The summed E-state index contributed by atoms with van der Waals surface area (Å²) in [5.74, 6) is 0. The van der Waals surface area contributed by atoms with Gasteiger partial charge in [-0.05, 0) is 25.1 Å². The highest BCUT2D eigenvalue weighted by Gasteiger charge is 2.18. The quantitative estimate of drug-likeness (QED) is 0.838. The van der Waals surface area contributed by atoms with E-state index in [1.54, 1.807) is 12.1 Å². The van der Waals surface area contributed by atoms with Crippen LogP contribution in [0.3, 0.4) is 0 Å². The first-order chi connectivity index (χ1) is 9.94. The summed E-state index contributed by atoms with van der Waals surface area (Å²) in [4.78, 5) is 0.0514. The third-order valence-corrected chi connectivity index (χ3v) is 4.85. The van der Waals surface area contributed by atoms with Gasteiger partial charge in [0.1, 0.15) is 4.90 Å². The number of nitrogens with zero attached hydrogens (tertiary/aromatic N) is 2. The van der Waals surface area contributed by atoms with Crippen molar-refractivity contribution in [1.29, 1.82) is 0 Å². The molecule has 0 spiro atoms. The first-order valence-electron chi connectivity index (χ1n) is 6.13. The minimum Gasteiger partial charge on any atom is -0.330 e. The molecule has 0 fully saturated rings. The summed E-state index contributed by atoms with van der Waals surface area (Å²) in [6.45, 7) is 1.07. The predicted molar refractivity (Wildman–Crippen MR) is 83.2 cm³/mol. The van der Waals surface area contributed by atoms with Crippen molar-refractivity contribution in [3.05, 3.63) is 40.6 Å². The van der Waals surface area contributed by atoms with Gasteiger partial charge in [-0.25, -0.2) is 8.42 Å². The molecular formula is C12H14Cl2N4O2S.